The van der Waals surface area contributed by atoms with Crippen molar-refractivity contribution in [2.24, 2.45) is 16.1 Å². The van der Waals surface area contributed by atoms with E-state index in [4.69, 9.17) is 5.73 Å². The van der Waals surface area contributed by atoms with Crippen LogP contribution in [-0.2, 0) is 0 Å². The number of hydrogen-bond acceptors (Lipinski definition) is 2. The average molecular weight is 161 g/mol. The first-order valence-electron chi connectivity index (χ1n) is 3.60. The van der Waals surface area contributed by atoms with E-state index in [-0.39, 0.29) is 12.4 Å². The second-order valence-corrected chi connectivity index (χ2v) is 3.30. The summed E-state index contributed by atoms with van der Waals surface area (Å²) in [7, 11) is 0. The smallest absolute Gasteiger partial charge is 0.0942 e. The summed E-state index contributed by atoms with van der Waals surface area (Å²) < 4.78 is 0. The zero-order valence-electron chi connectivity index (χ0n) is 5.97. The van der Waals surface area contributed by atoms with Gasteiger partial charge in [-0.25, -0.2) is 0 Å². The van der Waals surface area contributed by atoms with Gasteiger partial charge in [0.2, 0.25) is 0 Å². The molecule has 1 aliphatic carbocycles. The molecule has 2 N–H and O–H groups in total. The van der Waals surface area contributed by atoms with Crippen LogP contribution in [0.2, 0.25) is 0 Å². The van der Waals surface area contributed by atoms with Crippen LogP contribution in [0.1, 0.15) is 25.7 Å². The van der Waals surface area contributed by atoms with Gasteiger partial charge in [-0.1, -0.05) is 0 Å². The Balaban J connectivity index is 0.000000500. The van der Waals surface area contributed by atoms with Crippen LogP contribution in [0.5, 0.6) is 0 Å². The SMILES string of the molecule is Cl.NC1=NCCC2(CC2)C1. The molecule has 58 valence electrons. The van der Waals surface area contributed by atoms with Gasteiger partial charge < -0.3 is 5.73 Å². The van der Waals surface area contributed by atoms with Crippen LogP contribution in [-0.4, -0.2) is 12.4 Å². The fourth-order valence-corrected chi connectivity index (χ4v) is 1.57. The van der Waals surface area contributed by atoms with Crippen LogP contribution in [0.3, 0.4) is 0 Å². The van der Waals surface area contributed by atoms with Crippen LogP contribution < -0.4 is 5.73 Å². The zero-order chi connectivity index (χ0) is 6.32. The van der Waals surface area contributed by atoms with Crippen molar-refractivity contribution >= 4 is 18.2 Å². The van der Waals surface area contributed by atoms with Crippen molar-refractivity contribution in [3.05, 3.63) is 0 Å². The first kappa shape index (κ1) is 7.86. The first-order chi connectivity index (χ1) is 4.31. The van der Waals surface area contributed by atoms with Gasteiger partial charge in [-0.2, -0.15) is 0 Å². The number of nitrogens with zero attached hydrogens (tertiary/aromatic N) is 1. The van der Waals surface area contributed by atoms with Crippen molar-refractivity contribution in [1.82, 2.24) is 0 Å². The van der Waals surface area contributed by atoms with Gasteiger partial charge in [0.1, 0.15) is 0 Å². The molecule has 0 amide bonds. The van der Waals surface area contributed by atoms with Crippen LogP contribution in [0.15, 0.2) is 4.99 Å². The van der Waals surface area contributed by atoms with Crippen molar-refractivity contribution in [2.45, 2.75) is 25.7 Å². The van der Waals surface area contributed by atoms with E-state index >= 15 is 0 Å². The Morgan fingerprint density at radius 1 is 1.30 bits per heavy atom. The number of amidine groups is 1. The van der Waals surface area contributed by atoms with Crippen LogP contribution in [0.4, 0.5) is 0 Å². The number of rotatable bonds is 0. The van der Waals surface area contributed by atoms with Crippen LogP contribution in [0, 0.1) is 5.41 Å². The molecule has 0 aromatic carbocycles. The van der Waals surface area contributed by atoms with Crippen molar-refractivity contribution in [3.8, 4) is 0 Å². The molecule has 3 heteroatoms. The molecule has 0 saturated heterocycles. The van der Waals surface area contributed by atoms with E-state index in [9.17, 15) is 0 Å². The lowest BCUT2D eigenvalue weighted by Gasteiger charge is -2.17. The molecule has 2 aliphatic rings. The fourth-order valence-electron chi connectivity index (χ4n) is 1.57. The summed E-state index contributed by atoms with van der Waals surface area (Å²) in [5.74, 6) is 0.888. The Kier molecular flexibility index (Phi) is 1.90. The van der Waals surface area contributed by atoms with Gasteiger partial charge in [0.05, 0.1) is 5.84 Å². The molecule has 0 aromatic heterocycles. The summed E-state index contributed by atoms with van der Waals surface area (Å²) in [6.45, 7) is 0.978. The molecule has 1 saturated carbocycles. The third kappa shape index (κ3) is 1.26. The largest absolute Gasteiger partial charge is 0.387 e. The van der Waals surface area contributed by atoms with E-state index in [1.807, 2.05) is 0 Å². The van der Waals surface area contributed by atoms with Gasteiger partial charge in [0.25, 0.3) is 0 Å². The number of halogens is 1. The predicted octanol–water partition coefficient (Wildman–Crippen LogP) is 1.34. The van der Waals surface area contributed by atoms with E-state index < -0.39 is 0 Å². The summed E-state index contributed by atoms with van der Waals surface area (Å²) in [5, 5.41) is 0. The maximum atomic E-state index is 5.60. The molecule has 1 fully saturated rings. The first-order valence-corrected chi connectivity index (χ1v) is 3.60. The molecule has 0 radical (unpaired) electrons. The molecule has 1 aliphatic heterocycles. The second kappa shape index (κ2) is 2.42. The molecule has 2 nitrogen and oxygen atoms in total. The number of nitrogens with two attached hydrogens (primary N) is 1. The van der Waals surface area contributed by atoms with Gasteiger partial charge in [-0.3, -0.25) is 4.99 Å². The fraction of sp³-hybridized carbons (Fsp3) is 0.857. The summed E-state index contributed by atoms with van der Waals surface area (Å²) in [5.41, 5.74) is 6.25. The number of hydrogen-bond donors (Lipinski definition) is 1. The van der Waals surface area contributed by atoms with E-state index in [1.165, 1.54) is 19.3 Å². The summed E-state index contributed by atoms with van der Waals surface area (Å²) in [4.78, 5) is 4.16. The normalized spacial score (nSPS) is 27.0. The third-order valence-electron chi connectivity index (χ3n) is 2.47. The molecule has 10 heavy (non-hydrogen) atoms. The minimum atomic E-state index is 0. The zero-order valence-corrected chi connectivity index (χ0v) is 6.78. The van der Waals surface area contributed by atoms with Gasteiger partial charge in [0, 0.05) is 13.0 Å². The molecule has 1 heterocycles. The van der Waals surface area contributed by atoms with Crippen molar-refractivity contribution < 1.29 is 0 Å². The van der Waals surface area contributed by atoms with E-state index in [0.29, 0.717) is 5.41 Å². The van der Waals surface area contributed by atoms with Crippen molar-refractivity contribution in [2.75, 3.05) is 6.54 Å². The maximum Gasteiger partial charge on any atom is 0.0942 e. The Labute approximate surface area is 67.3 Å². The molecule has 0 unspecified atom stereocenters. The summed E-state index contributed by atoms with van der Waals surface area (Å²) in [6.07, 6.45) is 5.15. The predicted molar refractivity (Wildman–Crippen MR) is 44.6 cm³/mol. The molecule has 0 aromatic rings. The molecule has 0 atom stereocenters. The van der Waals surface area contributed by atoms with Crippen molar-refractivity contribution in [1.29, 1.82) is 0 Å². The van der Waals surface area contributed by atoms with Crippen LogP contribution >= 0.6 is 12.4 Å². The second-order valence-electron chi connectivity index (χ2n) is 3.30. The standard InChI is InChI=1S/C7H12N2.ClH/c8-6-5-7(1-2-7)3-4-9-6;/h1-5H2,(H2,8,9);1H. The Morgan fingerprint density at radius 2 is 2.00 bits per heavy atom. The quantitative estimate of drug-likeness (QED) is 0.571. The van der Waals surface area contributed by atoms with Crippen LogP contribution in [0.25, 0.3) is 0 Å². The highest BCUT2D eigenvalue weighted by Crippen LogP contribution is 2.52. The molecular formula is C7H13ClN2. The minimum absolute atomic E-state index is 0. The Morgan fingerprint density at radius 3 is 2.40 bits per heavy atom. The van der Waals surface area contributed by atoms with Gasteiger partial charge in [0.15, 0.2) is 0 Å². The van der Waals surface area contributed by atoms with E-state index in [1.54, 1.807) is 0 Å². The molecular weight excluding hydrogens is 148 g/mol. The van der Waals surface area contributed by atoms with Gasteiger partial charge >= 0.3 is 0 Å². The number of aliphatic imine (C=N–C) groups is 1. The van der Waals surface area contributed by atoms with E-state index in [2.05, 4.69) is 4.99 Å². The monoisotopic (exact) mass is 160 g/mol. The molecule has 2 rings (SSSR count). The lowest BCUT2D eigenvalue weighted by molar-refractivity contribution is 0.473. The summed E-state index contributed by atoms with van der Waals surface area (Å²) in [6, 6.07) is 0. The average Bonchev–Trinajstić information content (AvgIpc) is 2.49. The van der Waals surface area contributed by atoms with Gasteiger partial charge in [-0.05, 0) is 24.7 Å². The molecule has 0 bridgehead atoms. The maximum absolute atomic E-state index is 5.60. The van der Waals surface area contributed by atoms with E-state index in [0.717, 1.165) is 18.8 Å². The Bertz CT molecular complexity index is 161. The highest BCUT2D eigenvalue weighted by Gasteiger charge is 2.43. The van der Waals surface area contributed by atoms with Crippen molar-refractivity contribution in [3.63, 3.8) is 0 Å². The van der Waals surface area contributed by atoms with Gasteiger partial charge in [-0.15, -0.1) is 12.4 Å². The lowest BCUT2D eigenvalue weighted by atomic mass is 9.95. The molecule has 1 spiro atoms. The lowest BCUT2D eigenvalue weighted by Crippen LogP contribution is -2.23. The topological polar surface area (TPSA) is 38.4 Å². The highest BCUT2D eigenvalue weighted by molar-refractivity contribution is 5.85. The minimum Gasteiger partial charge on any atom is -0.387 e. The third-order valence-corrected chi connectivity index (χ3v) is 2.47. The highest BCUT2D eigenvalue weighted by atomic mass is 35.5. The Hall–Kier alpha value is -0.240. The summed E-state index contributed by atoms with van der Waals surface area (Å²) >= 11 is 0.